The lowest BCUT2D eigenvalue weighted by molar-refractivity contribution is -0.139. The van der Waals surface area contributed by atoms with E-state index in [1.54, 1.807) is 6.92 Å². The molecule has 0 bridgehead atoms. The first-order chi connectivity index (χ1) is 8.61. The van der Waals surface area contributed by atoms with Gasteiger partial charge >= 0.3 is 5.97 Å². The van der Waals surface area contributed by atoms with E-state index in [2.05, 4.69) is 6.58 Å². The molecule has 0 atom stereocenters. The van der Waals surface area contributed by atoms with Gasteiger partial charge in [-0.3, -0.25) is 0 Å². The lowest BCUT2D eigenvalue weighted by Gasteiger charge is -2.09. The van der Waals surface area contributed by atoms with Crippen LogP contribution in [0, 0.1) is 5.92 Å². The van der Waals surface area contributed by atoms with Crippen molar-refractivity contribution in [1.82, 2.24) is 0 Å². The second-order valence-corrected chi connectivity index (χ2v) is 4.70. The van der Waals surface area contributed by atoms with Crippen LogP contribution in [0.3, 0.4) is 0 Å². The molecule has 0 fully saturated rings. The van der Waals surface area contributed by atoms with Crippen molar-refractivity contribution in [2.75, 3.05) is 19.8 Å². The summed E-state index contributed by atoms with van der Waals surface area (Å²) < 4.78 is 4.98. The van der Waals surface area contributed by atoms with Gasteiger partial charge in [0.25, 0.3) is 0 Å². The summed E-state index contributed by atoms with van der Waals surface area (Å²) in [5, 5.41) is 17.8. The average molecular weight is 258 g/mol. The van der Waals surface area contributed by atoms with Crippen LogP contribution in [-0.2, 0) is 9.53 Å². The van der Waals surface area contributed by atoms with E-state index in [0.717, 1.165) is 38.5 Å². The second-order valence-electron chi connectivity index (χ2n) is 4.70. The third kappa shape index (κ3) is 9.19. The Balaban J connectivity index is 3.26. The van der Waals surface area contributed by atoms with Crippen LogP contribution in [0.4, 0.5) is 0 Å². The summed E-state index contributed by atoms with van der Waals surface area (Å²) in [5.41, 5.74) is 0.439. The van der Waals surface area contributed by atoms with Crippen molar-refractivity contribution < 1.29 is 19.7 Å². The van der Waals surface area contributed by atoms with Gasteiger partial charge in [0.1, 0.15) is 0 Å². The van der Waals surface area contributed by atoms with Crippen molar-refractivity contribution in [3.63, 3.8) is 0 Å². The minimum absolute atomic E-state index is 0.0292. The summed E-state index contributed by atoms with van der Waals surface area (Å²) in [6.45, 7) is 5.74. The Bertz CT molecular complexity index is 234. The van der Waals surface area contributed by atoms with Gasteiger partial charge in [-0.15, -0.1) is 0 Å². The molecule has 0 amide bonds. The van der Waals surface area contributed by atoms with E-state index in [4.69, 9.17) is 14.9 Å². The molecule has 4 heteroatoms. The average Bonchev–Trinajstić information content (AvgIpc) is 2.36. The third-order valence-electron chi connectivity index (χ3n) is 2.85. The van der Waals surface area contributed by atoms with E-state index in [9.17, 15) is 4.79 Å². The fourth-order valence-electron chi connectivity index (χ4n) is 1.59. The van der Waals surface area contributed by atoms with Crippen molar-refractivity contribution >= 4 is 5.97 Å². The van der Waals surface area contributed by atoms with Gasteiger partial charge in [-0.2, -0.15) is 0 Å². The number of ether oxygens (including phenoxy) is 1. The number of aliphatic hydroxyl groups excluding tert-OH is 2. The molecule has 0 aromatic carbocycles. The molecular weight excluding hydrogens is 232 g/mol. The standard InChI is InChI=1S/C14H26O4/c1-12(2)14(17)18-9-7-5-3-4-6-8-13(10-15)11-16/h13,15-16H,1,3-11H2,2H3. The highest BCUT2D eigenvalue weighted by Gasteiger charge is 2.05. The van der Waals surface area contributed by atoms with Gasteiger partial charge in [0.2, 0.25) is 0 Å². The topological polar surface area (TPSA) is 66.8 Å². The number of hydrogen-bond donors (Lipinski definition) is 2. The summed E-state index contributed by atoms with van der Waals surface area (Å²) in [6, 6.07) is 0. The van der Waals surface area contributed by atoms with Crippen LogP contribution in [0.2, 0.25) is 0 Å². The molecule has 0 saturated carbocycles. The largest absolute Gasteiger partial charge is 0.462 e. The SMILES string of the molecule is C=C(C)C(=O)OCCCCCCCC(CO)CO. The van der Waals surface area contributed by atoms with Gasteiger partial charge in [-0.05, 0) is 19.8 Å². The summed E-state index contributed by atoms with van der Waals surface area (Å²) in [6.07, 6.45) is 5.99. The fourth-order valence-corrected chi connectivity index (χ4v) is 1.59. The minimum atomic E-state index is -0.316. The maximum atomic E-state index is 11.0. The summed E-state index contributed by atoms with van der Waals surface area (Å²) >= 11 is 0. The maximum Gasteiger partial charge on any atom is 0.333 e. The van der Waals surface area contributed by atoms with Gasteiger partial charge in [-0.25, -0.2) is 4.79 Å². The lowest BCUT2D eigenvalue weighted by atomic mass is 10.0. The minimum Gasteiger partial charge on any atom is -0.462 e. The first kappa shape index (κ1) is 17.1. The van der Waals surface area contributed by atoms with Gasteiger partial charge in [0.15, 0.2) is 0 Å². The Morgan fingerprint density at radius 2 is 1.67 bits per heavy atom. The zero-order valence-electron chi connectivity index (χ0n) is 11.4. The van der Waals surface area contributed by atoms with Gasteiger partial charge in [0, 0.05) is 24.7 Å². The highest BCUT2D eigenvalue weighted by molar-refractivity contribution is 5.86. The van der Waals surface area contributed by atoms with E-state index in [1.165, 1.54) is 0 Å². The number of carbonyl (C=O) groups excluding carboxylic acids is 1. The molecule has 0 spiro atoms. The number of rotatable bonds is 11. The molecule has 0 rings (SSSR count). The Morgan fingerprint density at radius 3 is 2.22 bits per heavy atom. The lowest BCUT2D eigenvalue weighted by Crippen LogP contribution is -2.10. The van der Waals surface area contributed by atoms with Gasteiger partial charge in [0.05, 0.1) is 6.61 Å². The Hall–Kier alpha value is -0.870. The molecular formula is C14H26O4. The van der Waals surface area contributed by atoms with Crippen molar-refractivity contribution in [3.05, 3.63) is 12.2 Å². The zero-order valence-corrected chi connectivity index (χ0v) is 11.4. The molecule has 0 aromatic heterocycles. The van der Waals surface area contributed by atoms with Crippen LogP contribution in [0.15, 0.2) is 12.2 Å². The quantitative estimate of drug-likeness (QED) is 0.338. The van der Waals surface area contributed by atoms with Gasteiger partial charge < -0.3 is 14.9 Å². The van der Waals surface area contributed by atoms with Gasteiger partial charge in [-0.1, -0.05) is 32.3 Å². The predicted octanol–water partition coefficient (Wildman–Crippen LogP) is 2.05. The molecule has 0 aliphatic carbocycles. The summed E-state index contributed by atoms with van der Waals surface area (Å²) in [7, 11) is 0. The first-order valence-corrected chi connectivity index (χ1v) is 6.66. The van der Waals surface area contributed by atoms with E-state index >= 15 is 0 Å². The predicted molar refractivity (Wildman–Crippen MR) is 71.1 cm³/mol. The number of hydrogen-bond acceptors (Lipinski definition) is 4. The van der Waals surface area contributed by atoms with Crippen molar-refractivity contribution in [1.29, 1.82) is 0 Å². The van der Waals surface area contributed by atoms with Crippen molar-refractivity contribution in [2.24, 2.45) is 5.92 Å². The molecule has 0 aromatic rings. The van der Waals surface area contributed by atoms with Crippen LogP contribution >= 0.6 is 0 Å². The van der Waals surface area contributed by atoms with Crippen LogP contribution in [-0.4, -0.2) is 36.0 Å². The van der Waals surface area contributed by atoms with E-state index in [-0.39, 0.29) is 25.1 Å². The molecule has 2 N–H and O–H groups in total. The first-order valence-electron chi connectivity index (χ1n) is 6.66. The van der Waals surface area contributed by atoms with Crippen LogP contribution in [0.1, 0.15) is 45.4 Å². The number of aliphatic hydroxyl groups is 2. The highest BCUT2D eigenvalue weighted by atomic mass is 16.5. The zero-order chi connectivity index (χ0) is 13.8. The number of carbonyl (C=O) groups is 1. The molecule has 0 aliphatic heterocycles. The molecule has 4 nitrogen and oxygen atoms in total. The van der Waals surface area contributed by atoms with Crippen LogP contribution < -0.4 is 0 Å². The Labute approximate surface area is 110 Å². The molecule has 0 heterocycles. The summed E-state index contributed by atoms with van der Waals surface area (Å²) in [4.78, 5) is 11.0. The third-order valence-corrected chi connectivity index (χ3v) is 2.85. The molecule has 106 valence electrons. The second kappa shape index (κ2) is 11.2. The van der Waals surface area contributed by atoms with Crippen LogP contribution in [0.5, 0.6) is 0 Å². The maximum absolute atomic E-state index is 11.0. The highest BCUT2D eigenvalue weighted by Crippen LogP contribution is 2.11. The fraction of sp³-hybridized carbons (Fsp3) is 0.786. The molecule has 0 aliphatic rings. The van der Waals surface area contributed by atoms with Crippen LogP contribution in [0.25, 0.3) is 0 Å². The molecule has 0 saturated heterocycles. The van der Waals surface area contributed by atoms with Crippen molar-refractivity contribution in [2.45, 2.75) is 45.4 Å². The van der Waals surface area contributed by atoms with Crippen molar-refractivity contribution in [3.8, 4) is 0 Å². The molecule has 18 heavy (non-hydrogen) atoms. The Kier molecular flexibility index (Phi) is 10.7. The number of unbranched alkanes of at least 4 members (excludes halogenated alkanes) is 4. The monoisotopic (exact) mass is 258 g/mol. The Morgan fingerprint density at radius 1 is 1.11 bits per heavy atom. The molecule has 0 unspecified atom stereocenters. The smallest absolute Gasteiger partial charge is 0.333 e. The summed E-state index contributed by atoms with van der Waals surface area (Å²) in [5.74, 6) is -0.287. The normalized spacial score (nSPS) is 10.7. The molecule has 0 radical (unpaired) electrons. The van der Waals surface area contributed by atoms with E-state index < -0.39 is 0 Å². The van der Waals surface area contributed by atoms with E-state index in [1.807, 2.05) is 0 Å². The number of esters is 1. The van der Waals surface area contributed by atoms with E-state index in [0.29, 0.717) is 12.2 Å².